The van der Waals surface area contributed by atoms with E-state index in [0.29, 0.717) is 6.61 Å². The van der Waals surface area contributed by atoms with Crippen molar-refractivity contribution in [3.05, 3.63) is 71.8 Å². The SMILES string of the molecule is CC(=O)N[C@H]1[C@H](OCc2ccccc2)O[C@H](COCc2ccccc2)[C@@H](O)[C@@H]1OC(C)=O. The Kier molecular flexibility index (Phi) is 8.75. The number of rotatable bonds is 9. The van der Waals surface area contributed by atoms with Gasteiger partial charge in [-0.3, -0.25) is 9.59 Å². The van der Waals surface area contributed by atoms with E-state index in [4.69, 9.17) is 18.9 Å². The van der Waals surface area contributed by atoms with Crippen molar-refractivity contribution in [3.8, 4) is 0 Å². The second-order valence-corrected chi connectivity index (χ2v) is 7.63. The molecule has 0 aliphatic carbocycles. The van der Waals surface area contributed by atoms with Gasteiger partial charge >= 0.3 is 5.97 Å². The maximum atomic E-state index is 11.8. The first-order chi connectivity index (χ1) is 15.4. The van der Waals surface area contributed by atoms with E-state index in [-0.39, 0.29) is 19.1 Å². The van der Waals surface area contributed by atoms with E-state index in [9.17, 15) is 14.7 Å². The van der Waals surface area contributed by atoms with Gasteiger partial charge in [0.2, 0.25) is 5.91 Å². The third-order valence-corrected chi connectivity index (χ3v) is 5.00. The Morgan fingerprint density at radius 2 is 1.56 bits per heavy atom. The molecule has 0 unspecified atom stereocenters. The first kappa shape index (κ1) is 23.9. The van der Waals surface area contributed by atoms with Crippen LogP contribution in [0, 0.1) is 0 Å². The second kappa shape index (κ2) is 11.7. The van der Waals surface area contributed by atoms with Crippen molar-refractivity contribution < 1.29 is 33.6 Å². The van der Waals surface area contributed by atoms with Crippen molar-refractivity contribution in [1.82, 2.24) is 5.32 Å². The number of amides is 1. The third kappa shape index (κ3) is 6.86. The molecule has 1 saturated heterocycles. The number of aliphatic hydroxyl groups excluding tert-OH is 1. The molecule has 0 radical (unpaired) electrons. The molecule has 1 aliphatic heterocycles. The number of carbonyl (C=O) groups is 2. The summed E-state index contributed by atoms with van der Waals surface area (Å²) in [5, 5.41) is 13.6. The van der Waals surface area contributed by atoms with Crippen LogP contribution in [0.3, 0.4) is 0 Å². The quantitative estimate of drug-likeness (QED) is 0.571. The van der Waals surface area contributed by atoms with E-state index in [1.54, 1.807) is 0 Å². The summed E-state index contributed by atoms with van der Waals surface area (Å²) in [6.07, 6.45) is -4.06. The number of benzene rings is 2. The van der Waals surface area contributed by atoms with Crippen LogP contribution in [-0.2, 0) is 41.8 Å². The van der Waals surface area contributed by atoms with Gasteiger partial charge in [-0.25, -0.2) is 0 Å². The Morgan fingerprint density at radius 3 is 2.12 bits per heavy atom. The zero-order chi connectivity index (χ0) is 22.9. The van der Waals surface area contributed by atoms with Gasteiger partial charge in [-0.2, -0.15) is 0 Å². The van der Waals surface area contributed by atoms with Crippen LogP contribution in [0.15, 0.2) is 60.7 Å². The maximum absolute atomic E-state index is 11.8. The third-order valence-electron chi connectivity index (χ3n) is 5.00. The molecule has 0 bridgehead atoms. The van der Waals surface area contributed by atoms with Crippen molar-refractivity contribution in [2.45, 2.75) is 57.7 Å². The van der Waals surface area contributed by atoms with Gasteiger partial charge in [0.25, 0.3) is 0 Å². The highest BCUT2D eigenvalue weighted by Gasteiger charge is 2.48. The van der Waals surface area contributed by atoms with Crippen LogP contribution in [0.5, 0.6) is 0 Å². The van der Waals surface area contributed by atoms with Gasteiger partial charge in [0.05, 0.1) is 19.8 Å². The lowest BCUT2D eigenvalue weighted by Gasteiger charge is -2.44. The van der Waals surface area contributed by atoms with Crippen molar-refractivity contribution in [1.29, 1.82) is 0 Å². The summed E-state index contributed by atoms with van der Waals surface area (Å²) in [6.45, 7) is 3.17. The van der Waals surface area contributed by atoms with Crippen molar-refractivity contribution in [2.75, 3.05) is 6.61 Å². The molecule has 0 aromatic heterocycles. The molecule has 0 saturated carbocycles. The number of carbonyl (C=O) groups excluding carboxylic acids is 2. The number of nitrogens with one attached hydrogen (secondary N) is 1. The average Bonchev–Trinajstić information content (AvgIpc) is 2.78. The smallest absolute Gasteiger partial charge is 0.303 e. The Hall–Kier alpha value is -2.78. The largest absolute Gasteiger partial charge is 0.457 e. The molecule has 1 heterocycles. The summed E-state index contributed by atoms with van der Waals surface area (Å²) in [4.78, 5) is 23.5. The fourth-order valence-corrected chi connectivity index (χ4v) is 3.54. The number of hydrogen-bond acceptors (Lipinski definition) is 7. The highest BCUT2D eigenvalue weighted by molar-refractivity contribution is 5.73. The van der Waals surface area contributed by atoms with Crippen LogP contribution in [0.1, 0.15) is 25.0 Å². The molecule has 2 aromatic rings. The van der Waals surface area contributed by atoms with Crippen LogP contribution in [0.2, 0.25) is 0 Å². The lowest BCUT2D eigenvalue weighted by Crippen LogP contribution is -2.65. The molecule has 1 aliphatic rings. The molecule has 8 heteroatoms. The molecule has 2 N–H and O–H groups in total. The van der Waals surface area contributed by atoms with E-state index in [0.717, 1.165) is 11.1 Å². The zero-order valence-corrected chi connectivity index (χ0v) is 18.2. The Labute approximate surface area is 187 Å². The minimum atomic E-state index is -1.22. The van der Waals surface area contributed by atoms with E-state index >= 15 is 0 Å². The number of esters is 1. The topological polar surface area (TPSA) is 103 Å². The molecule has 3 rings (SSSR count). The van der Waals surface area contributed by atoms with Crippen LogP contribution in [0.4, 0.5) is 0 Å². The maximum Gasteiger partial charge on any atom is 0.303 e. The molecule has 5 atom stereocenters. The summed E-state index contributed by atoms with van der Waals surface area (Å²) in [6, 6.07) is 18.2. The fraction of sp³-hybridized carbons (Fsp3) is 0.417. The number of aliphatic hydroxyl groups is 1. The molecule has 8 nitrogen and oxygen atoms in total. The minimum absolute atomic E-state index is 0.0474. The van der Waals surface area contributed by atoms with Gasteiger partial charge in [-0.15, -0.1) is 0 Å². The number of hydrogen-bond donors (Lipinski definition) is 2. The molecule has 0 spiro atoms. The van der Waals surface area contributed by atoms with Crippen molar-refractivity contribution in [3.63, 3.8) is 0 Å². The highest BCUT2D eigenvalue weighted by atomic mass is 16.7. The number of ether oxygens (including phenoxy) is 4. The summed E-state index contributed by atoms with van der Waals surface area (Å²) in [5.41, 5.74) is 1.88. The van der Waals surface area contributed by atoms with E-state index in [1.807, 2.05) is 60.7 Å². The van der Waals surface area contributed by atoms with Crippen molar-refractivity contribution >= 4 is 11.9 Å². The normalized spacial score (nSPS) is 25.2. The van der Waals surface area contributed by atoms with Gasteiger partial charge < -0.3 is 29.4 Å². The summed E-state index contributed by atoms with van der Waals surface area (Å²) in [7, 11) is 0. The summed E-state index contributed by atoms with van der Waals surface area (Å²) >= 11 is 0. The standard InChI is InChI=1S/C24H29NO7/c1-16(26)25-21-23(31-17(2)27)22(28)20(15-29-13-18-9-5-3-6-10-18)32-24(21)30-14-19-11-7-4-8-12-19/h3-12,20-24,28H,13-15H2,1-2H3,(H,25,26)/t20-,21-,22-,23-,24-/m1/s1. The Balaban J connectivity index is 1.73. The molecule has 32 heavy (non-hydrogen) atoms. The van der Waals surface area contributed by atoms with Gasteiger partial charge in [-0.05, 0) is 11.1 Å². The lowest BCUT2D eigenvalue weighted by atomic mass is 9.96. The van der Waals surface area contributed by atoms with E-state index in [1.165, 1.54) is 13.8 Å². The van der Waals surface area contributed by atoms with E-state index in [2.05, 4.69) is 5.32 Å². The molecule has 2 aromatic carbocycles. The Morgan fingerprint density at radius 1 is 0.969 bits per heavy atom. The second-order valence-electron chi connectivity index (χ2n) is 7.63. The predicted molar refractivity (Wildman–Crippen MR) is 115 cm³/mol. The molecule has 1 amide bonds. The molecule has 1 fully saturated rings. The van der Waals surface area contributed by atoms with Crippen LogP contribution in [-0.4, -0.2) is 54.2 Å². The van der Waals surface area contributed by atoms with Crippen LogP contribution in [0.25, 0.3) is 0 Å². The first-order valence-corrected chi connectivity index (χ1v) is 10.5. The van der Waals surface area contributed by atoms with Gasteiger partial charge in [0, 0.05) is 13.8 Å². The first-order valence-electron chi connectivity index (χ1n) is 10.5. The molecule has 172 valence electrons. The van der Waals surface area contributed by atoms with Gasteiger partial charge in [-0.1, -0.05) is 60.7 Å². The predicted octanol–water partition coefficient (Wildman–Crippen LogP) is 1.94. The minimum Gasteiger partial charge on any atom is -0.457 e. The molecular formula is C24H29NO7. The monoisotopic (exact) mass is 443 g/mol. The molecular weight excluding hydrogens is 414 g/mol. The fourth-order valence-electron chi connectivity index (χ4n) is 3.54. The van der Waals surface area contributed by atoms with Crippen LogP contribution < -0.4 is 5.32 Å². The van der Waals surface area contributed by atoms with Gasteiger partial charge in [0.1, 0.15) is 18.2 Å². The zero-order valence-electron chi connectivity index (χ0n) is 18.2. The lowest BCUT2D eigenvalue weighted by molar-refractivity contribution is -0.279. The van der Waals surface area contributed by atoms with Gasteiger partial charge in [0.15, 0.2) is 12.4 Å². The summed E-state index contributed by atoms with van der Waals surface area (Å²) < 4.78 is 23.0. The van der Waals surface area contributed by atoms with Crippen molar-refractivity contribution in [2.24, 2.45) is 0 Å². The summed E-state index contributed by atoms with van der Waals surface area (Å²) in [5.74, 6) is -0.952. The Bertz CT molecular complexity index is 861. The van der Waals surface area contributed by atoms with Crippen LogP contribution >= 0.6 is 0 Å². The highest BCUT2D eigenvalue weighted by Crippen LogP contribution is 2.26. The average molecular weight is 443 g/mol. The van der Waals surface area contributed by atoms with E-state index < -0.39 is 36.6 Å².